The van der Waals surface area contributed by atoms with Crippen LogP contribution in [0, 0.1) is 5.92 Å². The van der Waals surface area contributed by atoms with E-state index in [-0.39, 0.29) is 25.0 Å². The van der Waals surface area contributed by atoms with E-state index in [1.54, 1.807) is 24.3 Å². The third-order valence-electron chi connectivity index (χ3n) is 6.51. The number of ether oxygens (including phenoxy) is 1. The van der Waals surface area contributed by atoms with Crippen molar-refractivity contribution < 1.29 is 24.2 Å². The number of fused-ring (bicyclic) bond motifs is 3. The maximum Gasteiger partial charge on any atom is 0.411 e. The summed E-state index contributed by atoms with van der Waals surface area (Å²) in [5.74, 6) is -1.01. The van der Waals surface area contributed by atoms with Gasteiger partial charge in [-0.05, 0) is 65.3 Å². The molecule has 35 heavy (non-hydrogen) atoms. The number of nitrogens with zero attached hydrogens (tertiary/aromatic N) is 1. The van der Waals surface area contributed by atoms with Crippen molar-refractivity contribution in [3.8, 4) is 11.1 Å². The SMILES string of the molecule is O=C(O)CN(CC1CC1)C(=O)c1ccc(NC(=O)OCC2c3ccccc3-c3ccccc32)cc1. The first-order chi connectivity index (χ1) is 17.0. The van der Waals surface area contributed by atoms with Crippen molar-refractivity contribution in [2.24, 2.45) is 5.92 Å². The van der Waals surface area contributed by atoms with Crippen LogP contribution in [0.3, 0.4) is 0 Å². The molecule has 0 heterocycles. The summed E-state index contributed by atoms with van der Waals surface area (Å²) < 4.78 is 5.56. The third-order valence-corrected chi connectivity index (χ3v) is 6.51. The molecule has 0 aromatic heterocycles. The molecule has 2 N–H and O–H groups in total. The number of hydrogen-bond acceptors (Lipinski definition) is 4. The monoisotopic (exact) mass is 470 g/mol. The van der Waals surface area contributed by atoms with Crippen LogP contribution in [-0.2, 0) is 9.53 Å². The van der Waals surface area contributed by atoms with Crippen molar-refractivity contribution >= 4 is 23.7 Å². The van der Waals surface area contributed by atoms with Gasteiger partial charge in [-0.15, -0.1) is 0 Å². The van der Waals surface area contributed by atoms with Crippen LogP contribution in [-0.4, -0.2) is 47.7 Å². The molecule has 0 saturated heterocycles. The van der Waals surface area contributed by atoms with Crippen molar-refractivity contribution in [3.63, 3.8) is 0 Å². The van der Waals surface area contributed by atoms with E-state index in [1.807, 2.05) is 24.3 Å². The summed E-state index contributed by atoms with van der Waals surface area (Å²) in [7, 11) is 0. The van der Waals surface area contributed by atoms with Crippen molar-refractivity contribution in [2.45, 2.75) is 18.8 Å². The minimum absolute atomic E-state index is 0.0279. The summed E-state index contributed by atoms with van der Waals surface area (Å²) in [6.45, 7) is 0.335. The van der Waals surface area contributed by atoms with Crippen LogP contribution in [0.4, 0.5) is 10.5 Å². The molecule has 2 aliphatic rings. The predicted octanol–water partition coefficient (Wildman–Crippen LogP) is 4.98. The summed E-state index contributed by atoms with van der Waals surface area (Å²) >= 11 is 0. The summed E-state index contributed by atoms with van der Waals surface area (Å²) in [4.78, 5) is 37.8. The van der Waals surface area contributed by atoms with E-state index < -0.39 is 12.1 Å². The Kier molecular flexibility index (Phi) is 6.23. The Morgan fingerprint density at radius 3 is 2.06 bits per heavy atom. The van der Waals surface area contributed by atoms with E-state index in [0.717, 1.165) is 35.1 Å². The van der Waals surface area contributed by atoms with Crippen LogP contribution in [0.25, 0.3) is 11.1 Å². The average Bonchev–Trinajstić information content (AvgIpc) is 3.62. The lowest BCUT2D eigenvalue weighted by molar-refractivity contribution is -0.137. The second-order valence-electron chi connectivity index (χ2n) is 9.05. The number of aliphatic carboxylic acids is 1. The molecule has 7 nitrogen and oxygen atoms in total. The minimum Gasteiger partial charge on any atom is -0.480 e. The Hall–Kier alpha value is -4.13. The number of nitrogens with one attached hydrogen (secondary N) is 1. The van der Waals surface area contributed by atoms with Gasteiger partial charge in [0.1, 0.15) is 13.2 Å². The maximum atomic E-state index is 12.8. The molecule has 3 aromatic carbocycles. The van der Waals surface area contributed by atoms with E-state index in [2.05, 4.69) is 29.6 Å². The van der Waals surface area contributed by atoms with E-state index in [4.69, 9.17) is 9.84 Å². The van der Waals surface area contributed by atoms with Crippen LogP contribution in [0.1, 0.15) is 40.2 Å². The van der Waals surface area contributed by atoms with Crippen molar-refractivity contribution in [1.82, 2.24) is 4.90 Å². The highest BCUT2D eigenvalue weighted by Crippen LogP contribution is 2.44. The minimum atomic E-state index is -1.03. The highest BCUT2D eigenvalue weighted by Gasteiger charge is 2.30. The molecule has 1 fully saturated rings. The second-order valence-corrected chi connectivity index (χ2v) is 9.05. The molecular formula is C28H26N2O5. The fourth-order valence-corrected chi connectivity index (χ4v) is 4.63. The van der Waals surface area contributed by atoms with Crippen LogP contribution in [0.2, 0.25) is 0 Å². The standard InChI is InChI=1S/C28H26N2O5/c31-26(32)16-30(15-18-9-10-18)27(33)19-11-13-20(14-12-19)29-28(34)35-17-25-23-7-3-1-5-21(23)22-6-2-4-8-24(22)25/h1-8,11-14,18,25H,9-10,15-17H2,(H,29,34)(H,31,32). The third kappa shape index (κ3) is 5.04. The molecule has 0 spiro atoms. The van der Waals surface area contributed by atoms with Gasteiger partial charge in [-0.1, -0.05) is 48.5 Å². The number of carbonyl (C=O) groups is 3. The maximum absolute atomic E-state index is 12.8. The van der Waals surface area contributed by atoms with Crippen molar-refractivity contribution in [3.05, 3.63) is 89.5 Å². The van der Waals surface area contributed by atoms with Gasteiger partial charge < -0.3 is 14.7 Å². The largest absolute Gasteiger partial charge is 0.480 e. The Bertz CT molecular complexity index is 1220. The fraction of sp³-hybridized carbons (Fsp3) is 0.250. The molecule has 0 unspecified atom stereocenters. The molecule has 5 rings (SSSR count). The summed E-state index contributed by atoms with van der Waals surface area (Å²) in [6.07, 6.45) is 1.46. The number of rotatable bonds is 8. The molecule has 2 amide bonds. The number of carbonyl (C=O) groups excluding carboxylic acids is 2. The fourth-order valence-electron chi connectivity index (χ4n) is 4.63. The molecule has 0 aliphatic heterocycles. The summed E-state index contributed by atoms with van der Waals surface area (Å²) in [6, 6.07) is 22.7. The van der Waals surface area contributed by atoms with Gasteiger partial charge in [-0.25, -0.2) is 4.79 Å². The molecule has 1 saturated carbocycles. The lowest BCUT2D eigenvalue weighted by Gasteiger charge is -2.20. The molecular weight excluding hydrogens is 444 g/mol. The highest BCUT2D eigenvalue weighted by atomic mass is 16.5. The molecule has 3 aromatic rings. The van der Waals surface area contributed by atoms with Crippen molar-refractivity contribution in [2.75, 3.05) is 25.0 Å². The van der Waals surface area contributed by atoms with Gasteiger partial charge in [0.15, 0.2) is 0 Å². The Labute approximate surface area is 203 Å². The first-order valence-corrected chi connectivity index (χ1v) is 11.7. The lowest BCUT2D eigenvalue weighted by Crippen LogP contribution is -2.37. The van der Waals surface area contributed by atoms with E-state index in [9.17, 15) is 14.4 Å². The van der Waals surface area contributed by atoms with Gasteiger partial charge in [0.2, 0.25) is 0 Å². The molecule has 0 atom stereocenters. The summed E-state index contributed by atoms with van der Waals surface area (Å²) in [5.41, 5.74) is 5.48. The van der Waals surface area contributed by atoms with Gasteiger partial charge >= 0.3 is 12.1 Å². The van der Waals surface area contributed by atoms with Crippen LogP contribution in [0.15, 0.2) is 72.8 Å². The number of hydrogen-bond donors (Lipinski definition) is 2. The molecule has 7 heteroatoms. The normalized spacial score (nSPS) is 14.1. The molecule has 178 valence electrons. The number of carboxylic acids is 1. The molecule has 0 bridgehead atoms. The summed E-state index contributed by atoms with van der Waals surface area (Å²) in [5, 5.41) is 11.8. The molecule has 2 aliphatic carbocycles. The van der Waals surface area contributed by atoms with E-state index >= 15 is 0 Å². The van der Waals surface area contributed by atoms with Crippen LogP contribution >= 0.6 is 0 Å². The van der Waals surface area contributed by atoms with Gasteiger partial charge in [-0.2, -0.15) is 0 Å². The van der Waals surface area contributed by atoms with Gasteiger partial charge in [0.05, 0.1) is 0 Å². The zero-order valence-corrected chi connectivity index (χ0v) is 19.1. The average molecular weight is 471 g/mol. The Morgan fingerprint density at radius 1 is 0.886 bits per heavy atom. The van der Waals surface area contributed by atoms with Gasteiger partial charge in [0.25, 0.3) is 5.91 Å². The zero-order valence-electron chi connectivity index (χ0n) is 19.1. The van der Waals surface area contributed by atoms with E-state index in [0.29, 0.717) is 23.7 Å². The first-order valence-electron chi connectivity index (χ1n) is 11.7. The van der Waals surface area contributed by atoms with Crippen LogP contribution in [0.5, 0.6) is 0 Å². The van der Waals surface area contributed by atoms with Crippen molar-refractivity contribution in [1.29, 1.82) is 0 Å². The highest BCUT2D eigenvalue weighted by molar-refractivity contribution is 5.96. The van der Waals surface area contributed by atoms with E-state index in [1.165, 1.54) is 4.90 Å². The predicted molar refractivity (Wildman–Crippen MR) is 131 cm³/mol. The Morgan fingerprint density at radius 2 is 1.49 bits per heavy atom. The Balaban J connectivity index is 1.20. The second kappa shape index (κ2) is 9.62. The number of benzene rings is 3. The number of carboxylic acid groups (broad SMARTS) is 1. The van der Waals surface area contributed by atoms with Gasteiger partial charge in [-0.3, -0.25) is 14.9 Å². The smallest absolute Gasteiger partial charge is 0.411 e. The number of anilines is 1. The topological polar surface area (TPSA) is 95.9 Å². The quantitative estimate of drug-likeness (QED) is 0.484. The first kappa shape index (κ1) is 22.7. The van der Waals surface area contributed by atoms with Gasteiger partial charge in [0, 0.05) is 23.7 Å². The lowest BCUT2D eigenvalue weighted by atomic mass is 9.98. The van der Waals surface area contributed by atoms with Crippen LogP contribution < -0.4 is 5.32 Å². The zero-order chi connectivity index (χ0) is 24.4. The molecule has 0 radical (unpaired) electrons. The number of amides is 2.